The van der Waals surface area contributed by atoms with Gasteiger partial charge in [-0.15, -0.1) is 5.48 Å². The predicted molar refractivity (Wildman–Crippen MR) is 38.6 cm³/mol. The van der Waals surface area contributed by atoms with E-state index in [1.54, 1.807) is 19.9 Å². The maximum absolute atomic E-state index is 10.6. The van der Waals surface area contributed by atoms with Crippen LogP contribution in [-0.4, -0.2) is 16.6 Å². The van der Waals surface area contributed by atoms with Crippen molar-refractivity contribution in [2.45, 2.75) is 19.4 Å². The van der Waals surface area contributed by atoms with Gasteiger partial charge in [-0.2, -0.15) is 0 Å². The Hall–Kier alpha value is -1.03. The van der Waals surface area contributed by atoms with Crippen LogP contribution in [-0.2, 0) is 9.63 Å². The molecule has 0 saturated carbocycles. The molecule has 0 aromatic heterocycles. The van der Waals surface area contributed by atoms with E-state index in [1.807, 2.05) is 0 Å². The molecular formula is C7H11NO3. The van der Waals surface area contributed by atoms with E-state index in [0.29, 0.717) is 0 Å². The summed E-state index contributed by atoms with van der Waals surface area (Å²) >= 11 is 0. The molecule has 2 atom stereocenters. The second kappa shape index (κ2) is 2.54. The molecule has 0 spiro atoms. The van der Waals surface area contributed by atoms with Gasteiger partial charge in [0, 0.05) is 0 Å². The van der Waals surface area contributed by atoms with Crippen molar-refractivity contribution in [3.05, 3.63) is 12.3 Å². The summed E-state index contributed by atoms with van der Waals surface area (Å²) in [5, 5.41) is 8.68. The Morgan fingerprint density at radius 2 is 2.45 bits per heavy atom. The molecular weight excluding hydrogens is 146 g/mol. The van der Waals surface area contributed by atoms with Crippen molar-refractivity contribution in [2.24, 2.45) is 5.92 Å². The zero-order chi connectivity index (χ0) is 8.48. The van der Waals surface area contributed by atoms with Crippen molar-refractivity contribution in [1.82, 2.24) is 5.48 Å². The van der Waals surface area contributed by atoms with Gasteiger partial charge >= 0.3 is 5.97 Å². The number of rotatable bonds is 2. The summed E-state index contributed by atoms with van der Waals surface area (Å²) in [6.07, 6.45) is 3.16. The highest BCUT2D eigenvalue weighted by molar-refractivity contribution is 5.71. The average molecular weight is 157 g/mol. The highest BCUT2D eigenvalue weighted by Gasteiger charge is 2.36. The minimum Gasteiger partial charge on any atom is -0.481 e. The van der Waals surface area contributed by atoms with Crippen LogP contribution < -0.4 is 5.48 Å². The van der Waals surface area contributed by atoms with Crippen LogP contribution in [0.3, 0.4) is 0 Å². The monoisotopic (exact) mass is 157 g/mol. The lowest BCUT2D eigenvalue weighted by molar-refractivity contribution is -0.144. The number of aliphatic carboxylic acids is 1. The summed E-state index contributed by atoms with van der Waals surface area (Å²) in [4.78, 5) is 15.3. The summed E-state index contributed by atoms with van der Waals surface area (Å²) in [6, 6.07) is 0. The first-order chi connectivity index (χ1) is 5.06. The molecule has 0 aromatic carbocycles. The smallest absolute Gasteiger partial charge is 0.308 e. The largest absolute Gasteiger partial charge is 0.481 e. The van der Waals surface area contributed by atoms with Crippen LogP contribution in [0.5, 0.6) is 0 Å². The number of carboxylic acid groups (broad SMARTS) is 1. The second-order valence-electron chi connectivity index (χ2n) is 2.87. The zero-order valence-corrected chi connectivity index (χ0v) is 6.50. The number of hydroxylamine groups is 1. The molecule has 62 valence electrons. The average Bonchev–Trinajstić information content (AvgIpc) is 2.35. The van der Waals surface area contributed by atoms with Crippen molar-refractivity contribution < 1.29 is 14.7 Å². The maximum Gasteiger partial charge on any atom is 0.308 e. The molecule has 4 nitrogen and oxygen atoms in total. The van der Waals surface area contributed by atoms with Crippen LogP contribution in [0.15, 0.2) is 12.3 Å². The second-order valence-corrected chi connectivity index (χ2v) is 2.87. The molecule has 2 unspecified atom stereocenters. The standard InChI is InChI=1S/C7H11NO3/c1-5(6(9)10)7(2)3-4-11-8-7/h3-5,8H,1-2H3,(H,9,10). The van der Waals surface area contributed by atoms with E-state index in [-0.39, 0.29) is 0 Å². The highest BCUT2D eigenvalue weighted by atomic mass is 16.6. The van der Waals surface area contributed by atoms with E-state index >= 15 is 0 Å². The fourth-order valence-electron chi connectivity index (χ4n) is 0.860. The Kier molecular flexibility index (Phi) is 1.87. The van der Waals surface area contributed by atoms with Crippen molar-refractivity contribution in [3.8, 4) is 0 Å². The fourth-order valence-corrected chi connectivity index (χ4v) is 0.860. The van der Waals surface area contributed by atoms with Gasteiger partial charge in [0.25, 0.3) is 0 Å². The van der Waals surface area contributed by atoms with Gasteiger partial charge in [0.2, 0.25) is 0 Å². The van der Waals surface area contributed by atoms with Crippen LogP contribution in [0, 0.1) is 5.92 Å². The molecule has 0 aromatic rings. The molecule has 1 rings (SSSR count). The normalized spacial score (nSPS) is 31.5. The zero-order valence-electron chi connectivity index (χ0n) is 6.50. The first kappa shape index (κ1) is 8.07. The summed E-state index contributed by atoms with van der Waals surface area (Å²) < 4.78 is 0. The van der Waals surface area contributed by atoms with Gasteiger partial charge in [-0.05, 0) is 19.9 Å². The van der Waals surface area contributed by atoms with Gasteiger partial charge in [-0.3, -0.25) is 4.79 Å². The summed E-state index contributed by atoms with van der Waals surface area (Å²) in [6.45, 7) is 3.41. The Morgan fingerprint density at radius 1 is 1.82 bits per heavy atom. The number of nitrogens with one attached hydrogen (secondary N) is 1. The van der Waals surface area contributed by atoms with Gasteiger partial charge in [0.1, 0.15) is 6.26 Å². The van der Waals surface area contributed by atoms with Crippen molar-refractivity contribution in [3.63, 3.8) is 0 Å². The van der Waals surface area contributed by atoms with E-state index < -0.39 is 17.4 Å². The van der Waals surface area contributed by atoms with Crippen LogP contribution in [0.1, 0.15) is 13.8 Å². The molecule has 0 aliphatic carbocycles. The van der Waals surface area contributed by atoms with E-state index in [1.165, 1.54) is 6.26 Å². The van der Waals surface area contributed by atoms with Crippen molar-refractivity contribution >= 4 is 5.97 Å². The van der Waals surface area contributed by atoms with Crippen molar-refractivity contribution in [1.29, 1.82) is 0 Å². The Bertz CT molecular complexity index is 202. The molecule has 1 aliphatic rings. The Balaban J connectivity index is 2.72. The third kappa shape index (κ3) is 1.35. The molecule has 0 bridgehead atoms. The number of hydrogen-bond donors (Lipinski definition) is 2. The van der Waals surface area contributed by atoms with E-state index in [0.717, 1.165) is 0 Å². The number of hydrogen-bond acceptors (Lipinski definition) is 3. The minimum atomic E-state index is -0.838. The predicted octanol–water partition coefficient (Wildman–Crippen LogP) is 0.514. The molecule has 0 radical (unpaired) electrons. The number of carboxylic acids is 1. The van der Waals surface area contributed by atoms with E-state index in [2.05, 4.69) is 5.48 Å². The summed E-state index contributed by atoms with van der Waals surface area (Å²) in [5.74, 6) is -1.34. The highest BCUT2D eigenvalue weighted by Crippen LogP contribution is 2.22. The van der Waals surface area contributed by atoms with Crippen LogP contribution in [0.4, 0.5) is 0 Å². The first-order valence-corrected chi connectivity index (χ1v) is 3.39. The molecule has 1 aliphatic heterocycles. The molecule has 2 N–H and O–H groups in total. The topological polar surface area (TPSA) is 58.6 Å². The number of carbonyl (C=O) groups is 1. The van der Waals surface area contributed by atoms with Crippen LogP contribution in [0.25, 0.3) is 0 Å². The van der Waals surface area contributed by atoms with Gasteiger partial charge in [0.05, 0.1) is 11.5 Å². The quantitative estimate of drug-likeness (QED) is 0.613. The summed E-state index contributed by atoms with van der Waals surface area (Å²) in [7, 11) is 0. The lowest BCUT2D eigenvalue weighted by Gasteiger charge is -2.24. The maximum atomic E-state index is 10.6. The summed E-state index contributed by atoms with van der Waals surface area (Å²) in [5.41, 5.74) is 2.04. The van der Waals surface area contributed by atoms with E-state index in [9.17, 15) is 4.79 Å². The molecule has 4 heteroatoms. The van der Waals surface area contributed by atoms with Gasteiger partial charge in [-0.25, -0.2) is 0 Å². The van der Waals surface area contributed by atoms with Crippen LogP contribution in [0.2, 0.25) is 0 Å². The lowest BCUT2D eigenvalue weighted by Crippen LogP contribution is -2.45. The third-order valence-corrected chi connectivity index (χ3v) is 2.03. The van der Waals surface area contributed by atoms with E-state index in [4.69, 9.17) is 9.94 Å². The van der Waals surface area contributed by atoms with Crippen molar-refractivity contribution in [2.75, 3.05) is 0 Å². The molecule has 0 fully saturated rings. The molecule has 0 amide bonds. The SMILES string of the molecule is CC(C(=O)O)C1(C)C=CON1. The van der Waals surface area contributed by atoms with Gasteiger partial charge in [-0.1, -0.05) is 0 Å². The molecule has 11 heavy (non-hydrogen) atoms. The van der Waals surface area contributed by atoms with Gasteiger partial charge < -0.3 is 9.94 Å². The van der Waals surface area contributed by atoms with Gasteiger partial charge in [0.15, 0.2) is 0 Å². The Labute approximate surface area is 64.8 Å². The Morgan fingerprint density at radius 3 is 2.82 bits per heavy atom. The molecule has 0 saturated heterocycles. The van der Waals surface area contributed by atoms with Crippen LogP contribution >= 0.6 is 0 Å². The minimum absolute atomic E-state index is 0.499. The molecule has 1 heterocycles. The fraction of sp³-hybridized carbons (Fsp3) is 0.571. The third-order valence-electron chi connectivity index (χ3n) is 2.03. The first-order valence-electron chi connectivity index (χ1n) is 3.39. The lowest BCUT2D eigenvalue weighted by atomic mass is 9.88.